The lowest BCUT2D eigenvalue weighted by Crippen LogP contribution is -2.56. The summed E-state index contributed by atoms with van der Waals surface area (Å²) in [5.74, 6) is 0.676. The monoisotopic (exact) mass is 295 g/mol. The van der Waals surface area contributed by atoms with Crippen molar-refractivity contribution in [1.82, 2.24) is 10.3 Å². The molecule has 3 saturated heterocycles. The zero-order valence-electron chi connectivity index (χ0n) is 10.4. The SMILES string of the molecule is Clc1ccc([C@@H]2NN=C3C4CCN(CC4)[C@@H]32)cc1Cl. The van der Waals surface area contributed by atoms with Crippen LogP contribution in [0, 0.1) is 5.92 Å². The predicted octanol–water partition coefficient (Wildman–Crippen LogP) is 3.09. The number of piperidine rings is 3. The third kappa shape index (κ3) is 1.79. The molecule has 3 nitrogen and oxygen atoms in total. The number of hydrogen-bond donors (Lipinski definition) is 1. The number of halogens is 2. The van der Waals surface area contributed by atoms with Crippen LogP contribution in [-0.4, -0.2) is 29.7 Å². The van der Waals surface area contributed by atoms with Crippen molar-refractivity contribution in [2.75, 3.05) is 13.1 Å². The molecule has 0 radical (unpaired) electrons. The van der Waals surface area contributed by atoms with Crippen LogP contribution in [0.25, 0.3) is 0 Å². The van der Waals surface area contributed by atoms with E-state index < -0.39 is 0 Å². The van der Waals surface area contributed by atoms with Gasteiger partial charge in [0.1, 0.15) is 0 Å². The smallest absolute Gasteiger partial charge is 0.0899 e. The van der Waals surface area contributed by atoms with E-state index in [2.05, 4.69) is 15.4 Å². The van der Waals surface area contributed by atoms with Crippen molar-refractivity contribution in [3.05, 3.63) is 33.8 Å². The lowest BCUT2D eigenvalue weighted by Gasteiger charge is -2.45. The van der Waals surface area contributed by atoms with E-state index in [0.29, 0.717) is 22.0 Å². The van der Waals surface area contributed by atoms with E-state index in [1.807, 2.05) is 18.2 Å². The number of hydrazone groups is 1. The highest BCUT2D eigenvalue weighted by Crippen LogP contribution is 2.39. The summed E-state index contributed by atoms with van der Waals surface area (Å²) in [5, 5.41) is 5.82. The first-order valence-electron chi connectivity index (χ1n) is 6.76. The van der Waals surface area contributed by atoms with Gasteiger partial charge in [0.05, 0.1) is 27.8 Å². The molecule has 0 aliphatic carbocycles. The van der Waals surface area contributed by atoms with Crippen LogP contribution in [0.5, 0.6) is 0 Å². The van der Waals surface area contributed by atoms with E-state index in [9.17, 15) is 0 Å². The van der Waals surface area contributed by atoms with E-state index in [4.69, 9.17) is 23.2 Å². The molecular formula is C14H15Cl2N3. The Balaban J connectivity index is 1.69. The number of fused-ring (bicyclic) bond motifs is 2. The third-order valence-electron chi connectivity index (χ3n) is 4.60. The molecule has 4 aliphatic heterocycles. The molecule has 4 aliphatic rings. The topological polar surface area (TPSA) is 27.6 Å². The Labute approximate surface area is 122 Å². The van der Waals surface area contributed by atoms with Crippen molar-refractivity contribution >= 4 is 28.9 Å². The van der Waals surface area contributed by atoms with Crippen molar-refractivity contribution in [3.8, 4) is 0 Å². The van der Waals surface area contributed by atoms with Crippen molar-refractivity contribution in [1.29, 1.82) is 0 Å². The third-order valence-corrected chi connectivity index (χ3v) is 5.33. The van der Waals surface area contributed by atoms with E-state index in [1.54, 1.807) is 0 Å². The average Bonchev–Trinajstić information content (AvgIpc) is 2.90. The first-order valence-corrected chi connectivity index (χ1v) is 7.51. The second-order valence-corrected chi connectivity index (χ2v) is 6.39. The largest absolute Gasteiger partial charge is 0.301 e. The van der Waals surface area contributed by atoms with Gasteiger partial charge in [-0.05, 0) is 43.6 Å². The first kappa shape index (κ1) is 12.0. The van der Waals surface area contributed by atoms with Gasteiger partial charge in [-0.25, -0.2) is 0 Å². The maximum absolute atomic E-state index is 6.14. The number of nitrogens with one attached hydrogen (secondary N) is 1. The number of benzene rings is 1. The van der Waals surface area contributed by atoms with Crippen LogP contribution >= 0.6 is 23.2 Å². The van der Waals surface area contributed by atoms with Crippen LogP contribution in [0.1, 0.15) is 24.4 Å². The predicted molar refractivity (Wildman–Crippen MR) is 77.9 cm³/mol. The van der Waals surface area contributed by atoms with Crippen molar-refractivity contribution in [2.45, 2.75) is 24.9 Å². The minimum absolute atomic E-state index is 0.216. The fourth-order valence-corrected chi connectivity index (χ4v) is 3.92. The molecule has 4 heterocycles. The van der Waals surface area contributed by atoms with Crippen molar-refractivity contribution < 1.29 is 0 Å². The second kappa shape index (κ2) is 4.37. The van der Waals surface area contributed by atoms with Gasteiger partial charge in [-0.3, -0.25) is 4.90 Å². The summed E-state index contributed by atoms with van der Waals surface area (Å²) in [6.45, 7) is 2.38. The Kier molecular flexibility index (Phi) is 2.76. The molecule has 5 rings (SSSR count). The standard InChI is InChI=1S/C14H15Cl2N3/c15-10-2-1-9(7-11(10)16)13-14-12(17-18-13)8-3-5-19(14)6-4-8/h1-2,7-8,13-14,18H,3-6H2/t13-,14-/m0/s1. The molecule has 5 heteroatoms. The summed E-state index contributed by atoms with van der Waals surface area (Å²) in [5.41, 5.74) is 5.82. The van der Waals surface area contributed by atoms with Gasteiger partial charge in [-0.15, -0.1) is 0 Å². The van der Waals surface area contributed by atoms with Crippen LogP contribution in [0.15, 0.2) is 23.3 Å². The number of rotatable bonds is 1. The van der Waals surface area contributed by atoms with E-state index in [1.165, 1.54) is 37.2 Å². The minimum atomic E-state index is 0.216. The van der Waals surface area contributed by atoms with Crippen LogP contribution in [0.3, 0.4) is 0 Å². The molecule has 0 unspecified atom stereocenters. The summed E-state index contributed by atoms with van der Waals surface area (Å²) in [4.78, 5) is 2.55. The molecule has 0 saturated carbocycles. The molecule has 2 atom stereocenters. The Morgan fingerprint density at radius 3 is 2.68 bits per heavy atom. The number of nitrogens with zero attached hydrogens (tertiary/aromatic N) is 2. The molecule has 0 aromatic heterocycles. The lowest BCUT2D eigenvalue weighted by atomic mass is 9.78. The van der Waals surface area contributed by atoms with Crippen molar-refractivity contribution in [2.24, 2.45) is 11.0 Å². The van der Waals surface area contributed by atoms with E-state index in [0.717, 1.165) is 0 Å². The maximum atomic E-state index is 6.14. The quantitative estimate of drug-likeness (QED) is 0.862. The molecule has 0 spiro atoms. The Morgan fingerprint density at radius 2 is 1.95 bits per heavy atom. The molecule has 3 fully saturated rings. The molecule has 1 aromatic carbocycles. The second-order valence-electron chi connectivity index (χ2n) is 5.57. The number of hydrogen-bond acceptors (Lipinski definition) is 3. The minimum Gasteiger partial charge on any atom is -0.301 e. The maximum Gasteiger partial charge on any atom is 0.0899 e. The Hall–Kier alpha value is -0.770. The normalized spacial score (nSPS) is 35.8. The molecular weight excluding hydrogens is 281 g/mol. The molecule has 100 valence electrons. The van der Waals surface area contributed by atoms with E-state index in [-0.39, 0.29) is 6.04 Å². The molecule has 2 bridgehead atoms. The lowest BCUT2D eigenvalue weighted by molar-refractivity contribution is 0.133. The van der Waals surface area contributed by atoms with Gasteiger partial charge in [0.2, 0.25) is 0 Å². The summed E-state index contributed by atoms with van der Waals surface area (Å²) < 4.78 is 0. The fourth-order valence-electron chi connectivity index (χ4n) is 3.62. The van der Waals surface area contributed by atoms with E-state index >= 15 is 0 Å². The fraction of sp³-hybridized carbons (Fsp3) is 0.500. The highest BCUT2D eigenvalue weighted by Gasteiger charge is 2.46. The molecule has 1 N–H and O–H groups in total. The Morgan fingerprint density at radius 1 is 1.16 bits per heavy atom. The molecule has 1 aromatic rings. The average molecular weight is 296 g/mol. The van der Waals surface area contributed by atoms with Gasteiger partial charge in [0, 0.05) is 5.92 Å². The zero-order chi connectivity index (χ0) is 13.0. The molecule has 19 heavy (non-hydrogen) atoms. The van der Waals surface area contributed by atoms with Gasteiger partial charge in [-0.2, -0.15) is 5.10 Å². The highest BCUT2D eigenvalue weighted by molar-refractivity contribution is 6.42. The van der Waals surface area contributed by atoms with Crippen LogP contribution in [0.4, 0.5) is 0 Å². The zero-order valence-corrected chi connectivity index (χ0v) is 12.0. The first-order chi connectivity index (χ1) is 9.24. The van der Waals surface area contributed by atoms with Gasteiger partial charge >= 0.3 is 0 Å². The summed E-state index contributed by atoms with van der Waals surface area (Å²) in [6, 6.07) is 6.50. The summed E-state index contributed by atoms with van der Waals surface area (Å²) >= 11 is 12.1. The van der Waals surface area contributed by atoms with Gasteiger partial charge in [-0.1, -0.05) is 29.3 Å². The van der Waals surface area contributed by atoms with Crippen LogP contribution in [-0.2, 0) is 0 Å². The van der Waals surface area contributed by atoms with Crippen LogP contribution in [0.2, 0.25) is 10.0 Å². The van der Waals surface area contributed by atoms with Crippen molar-refractivity contribution in [3.63, 3.8) is 0 Å². The van der Waals surface area contributed by atoms with Crippen LogP contribution < -0.4 is 5.43 Å². The van der Waals surface area contributed by atoms with Gasteiger partial charge in [0.15, 0.2) is 0 Å². The summed E-state index contributed by atoms with van der Waals surface area (Å²) in [6.07, 6.45) is 2.51. The van der Waals surface area contributed by atoms with Gasteiger partial charge in [0.25, 0.3) is 0 Å². The summed E-state index contributed by atoms with van der Waals surface area (Å²) in [7, 11) is 0. The molecule has 0 amide bonds. The highest BCUT2D eigenvalue weighted by atomic mass is 35.5. The Bertz CT molecular complexity index is 550. The van der Waals surface area contributed by atoms with Gasteiger partial charge < -0.3 is 5.43 Å².